The number of anilines is 2. The van der Waals surface area contributed by atoms with Crippen molar-refractivity contribution >= 4 is 23.4 Å². The number of aliphatic carboxylic acids is 1. The molecule has 0 saturated heterocycles. The number of aromatic nitrogens is 1. The van der Waals surface area contributed by atoms with Crippen molar-refractivity contribution in [2.45, 2.75) is 25.8 Å². The molecule has 210 valence electrons. The van der Waals surface area contributed by atoms with Gasteiger partial charge in [0.25, 0.3) is 5.56 Å². The Morgan fingerprint density at radius 1 is 0.762 bits per heavy atom. The third kappa shape index (κ3) is 6.82. The van der Waals surface area contributed by atoms with Gasteiger partial charge in [-0.25, -0.2) is 4.79 Å². The summed E-state index contributed by atoms with van der Waals surface area (Å²) in [6.45, 7) is 2.30. The van der Waals surface area contributed by atoms with E-state index in [4.69, 9.17) is 0 Å². The highest BCUT2D eigenvalue weighted by Gasteiger charge is 2.18. The van der Waals surface area contributed by atoms with E-state index in [9.17, 15) is 19.5 Å². The van der Waals surface area contributed by atoms with E-state index in [1.54, 1.807) is 29.0 Å². The van der Waals surface area contributed by atoms with Crippen LogP contribution >= 0.6 is 0 Å². The molecular formula is C35H31N3O4. The summed E-state index contributed by atoms with van der Waals surface area (Å²) in [5, 5.41) is 15.1. The van der Waals surface area contributed by atoms with Crippen LogP contribution in [0.15, 0.2) is 126 Å². The number of para-hydroxylation sites is 1. The van der Waals surface area contributed by atoms with Crippen LogP contribution in [0.25, 0.3) is 11.1 Å². The predicted octanol–water partition coefficient (Wildman–Crippen LogP) is 7.12. The molecule has 0 saturated carbocycles. The third-order valence-corrected chi connectivity index (χ3v) is 7.18. The Morgan fingerprint density at radius 2 is 1.43 bits per heavy atom. The van der Waals surface area contributed by atoms with Gasteiger partial charge in [0, 0.05) is 29.1 Å². The highest BCUT2D eigenvalue weighted by molar-refractivity contribution is 6.00. The number of carbonyl (C=O) groups excluding carboxylic acids is 1. The minimum atomic E-state index is -0.856. The van der Waals surface area contributed by atoms with Crippen molar-refractivity contribution in [2.75, 3.05) is 10.6 Å². The zero-order chi connectivity index (χ0) is 29.5. The Balaban J connectivity index is 1.28. The average molecular weight is 558 g/mol. The number of carboxylic acid groups (broad SMARTS) is 1. The lowest BCUT2D eigenvalue weighted by Crippen LogP contribution is -2.21. The maximum Gasteiger partial charge on any atom is 0.323 e. The summed E-state index contributed by atoms with van der Waals surface area (Å²) in [6, 6.07) is 35.3. The topological polar surface area (TPSA) is 100 Å². The molecule has 1 heterocycles. The largest absolute Gasteiger partial charge is 0.481 e. The molecule has 0 radical (unpaired) electrons. The smallest absolute Gasteiger partial charge is 0.323 e. The van der Waals surface area contributed by atoms with E-state index in [1.165, 1.54) is 0 Å². The zero-order valence-electron chi connectivity index (χ0n) is 23.2. The van der Waals surface area contributed by atoms with Crippen molar-refractivity contribution < 1.29 is 14.7 Å². The zero-order valence-corrected chi connectivity index (χ0v) is 23.2. The van der Waals surface area contributed by atoms with Crippen LogP contribution in [-0.2, 0) is 11.3 Å². The van der Waals surface area contributed by atoms with E-state index in [2.05, 4.69) is 10.6 Å². The fourth-order valence-corrected chi connectivity index (χ4v) is 4.95. The highest BCUT2D eigenvalue weighted by Crippen LogP contribution is 2.28. The first-order chi connectivity index (χ1) is 20.4. The van der Waals surface area contributed by atoms with Gasteiger partial charge in [-0.1, -0.05) is 84.9 Å². The first-order valence-corrected chi connectivity index (χ1v) is 13.7. The molecule has 2 amide bonds. The lowest BCUT2D eigenvalue weighted by atomic mass is 9.88. The molecule has 5 rings (SSSR count). The Hall–Kier alpha value is -5.43. The number of nitrogens with zero attached hydrogens (tertiary/aromatic N) is 1. The van der Waals surface area contributed by atoms with Gasteiger partial charge in [-0.3, -0.25) is 9.59 Å². The molecule has 7 nitrogen and oxygen atoms in total. The molecule has 0 bridgehead atoms. The number of pyridine rings is 1. The maximum absolute atomic E-state index is 13.4. The molecule has 42 heavy (non-hydrogen) atoms. The second-order valence-corrected chi connectivity index (χ2v) is 10.1. The maximum atomic E-state index is 13.4. The minimum Gasteiger partial charge on any atom is -0.481 e. The number of benzene rings is 4. The van der Waals surface area contributed by atoms with Crippen LogP contribution < -0.4 is 16.2 Å². The quantitative estimate of drug-likeness (QED) is 0.180. The van der Waals surface area contributed by atoms with E-state index in [1.807, 2.05) is 104 Å². The molecule has 0 spiro atoms. The van der Waals surface area contributed by atoms with E-state index >= 15 is 0 Å². The van der Waals surface area contributed by atoms with E-state index in [0.29, 0.717) is 17.8 Å². The summed E-state index contributed by atoms with van der Waals surface area (Å²) >= 11 is 0. The summed E-state index contributed by atoms with van der Waals surface area (Å²) < 4.78 is 1.65. The molecular weight excluding hydrogens is 526 g/mol. The number of carboxylic acids is 1. The van der Waals surface area contributed by atoms with Gasteiger partial charge in [-0.2, -0.15) is 0 Å². The normalized spacial score (nSPS) is 11.5. The summed E-state index contributed by atoms with van der Waals surface area (Å²) in [5.74, 6) is -1.11. The van der Waals surface area contributed by atoms with E-state index in [-0.39, 0.29) is 23.9 Å². The molecule has 0 fully saturated rings. The van der Waals surface area contributed by atoms with Crippen LogP contribution in [0.4, 0.5) is 16.2 Å². The van der Waals surface area contributed by atoms with Crippen molar-refractivity contribution in [1.82, 2.24) is 4.57 Å². The SMILES string of the molecule is Cc1ccccc1NC(=O)Nc1ccc(-c2cccn(Cc3ccc(C(CC(=O)O)c4ccccc4)cc3)c2=O)cc1. The molecule has 1 aromatic heterocycles. The summed E-state index contributed by atoms with van der Waals surface area (Å²) in [4.78, 5) is 37.3. The second-order valence-electron chi connectivity index (χ2n) is 10.1. The standard InChI is InChI=1S/C35H31N3O4/c1-24-8-5-6-12-32(24)37-35(42)36-29-19-17-27(18-20-29)30-11-7-21-38(34(30)41)23-25-13-15-28(16-14-25)31(22-33(39)40)26-9-3-2-4-10-26/h2-21,31H,22-23H2,1H3,(H,39,40)(H2,36,37,42). The van der Waals surface area contributed by atoms with E-state index < -0.39 is 5.97 Å². The highest BCUT2D eigenvalue weighted by atomic mass is 16.4. The first kappa shape index (κ1) is 28.1. The number of aryl methyl sites for hydroxylation is 1. The number of hydrogen-bond donors (Lipinski definition) is 3. The molecule has 5 aromatic rings. The van der Waals surface area contributed by atoms with Gasteiger partial charge in [-0.15, -0.1) is 0 Å². The van der Waals surface area contributed by atoms with Crippen LogP contribution in [0, 0.1) is 6.92 Å². The molecule has 0 aliphatic heterocycles. The molecule has 3 N–H and O–H groups in total. The number of rotatable bonds is 9. The van der Waals surface area contributed by atoms with Crippen LogP contribution in [0.2, 0.25) is 0 Å². The second kappa shape index (κ2) is 12.8. The Bertz CT molecular complexity index is 1740. The van der Waals surface area contributed by atoms with Gasteiger partial charge in [0.15, 0.2) is 0 Å². The van der Waals surface area contributed by atoms with Crippen molar-refractivity contribution in [1.29, 1.82) is 0 Å². The van der Waals surface area contributed by atoms with Gasteiger partial charge < -0.3 is 20.3 Å². The van der Waals surface area contributed by atoms with Crippen molar-refractivity contribution in [3.63, 3.8) is 0 Å². The molecule has 1 unspecified atom stereocenters. The van der Waals surface area contributed by atoms with Gasteiger partial charge in [0.05, 0.1) is 13.0 Å². The number of nitrogens with one attached hydrogen (secondary N) is 2. The average Bonchev–Trinajstić information content (AvgIpc) is 2.99. The van der Waals surface area contributed by atoms with Crippen LogP contribution in [-0.4, -0.2) is 21.7 Å². The molecule has 7 heteroatoms. The van der Waals surface area contributed by atoms with Gasteiger partial charge >= 0.3 is 12.0 Å². The van der Waals surface area contributed by atoms with Gasteiger partial charge in [0.1, 0.15) is 0 Å². The van der Waals surface area contributed by atoms with Crippen LogP contribution in [0.5, 0.6) is 0 Å². The van der Waals surface area contributed by atoms with Gasteiger partial charge in [-0.05, 0) is 65.1 Å². The first-order valence-electron chi connectivity index (χ1n) is 13.7. The summed E-state index contributed by atoms with van der Waals surface area (Å²) in [5.41, 5.74) is 6.27. The number of urea groups is 1. The summed E-state index contributed by atoms with van der Waals surface area (Å²) in [7, 11) is 0. The Kier molecular flexibility index (Phi) is 8.58. The number of carbonyl (C=O) groups is 2. The minimum absolute atomic E-state index is 0.00343. The van der Waals surface area contributed by atoms with Crippen molar-refractivity contribution in [3.8, 4) is 11.1 Å². The monoisotopic (exact) mass is 557 g/mol. The van der Waals surface area contributed by atoms with Gasteiger partial charge in [0.2, 0.25) is 0 Å². The molecule has 1 atom stereocenters. The predicted molar refractivity (Wildman–Crippen MR) is 166 cm³/mol. The number of hydrogen-bond acceptors (Lipinski definition) is 3. The fourth-order valence-electron chi connectivity index (χ4n) is 4.95. The lowest BCUT2D eigenvalue weighted by molar-refractivity contribution is -0.137. The molecule has 0 aliphatic rings. The fraction of sp³-hybridized carbons (Fsp3) is 0.114. The van der Waals surface area contributed by atoms with Crippen molar-refractivity contribution in [2.24, 2.45) is 0 Å². The van der Waals surface area contributed by atoms with Crippen molar-refractivity contribution in [3.05, 3.63) is 154 Å². The third-order valence-electron chi connectivity index (χ3n) is 7.18. The van der Waals surface area contributed by atoms with Crippen LogP contribution in [0.3, 0.4) is 0 Å². The molecule has 4 aromatic carbocycles. The Labute approximate surface area is 244 Å². The molecule has 0 aliphatic carbocycles. The van der Waals surface area contributed by atoms with Crippen LogP contribution in [0.1, 0.15) is 34.6 Å². The lowest BCUT2D eigenvalue weighted by Gasteiger charge is -2.17. The Morgan fingerprint density at radius 3 is 2.12 bits per heavy atom. The summed E-state index contributed by atoms with van der Waals surface area (Å²) in [6.07, 6.45) is 1.75. The van der Waals surface area contributed by atoms with E-state index in [0.717, 1.165) is 33.5 Å². The number of amides is 2.